The molecule has 0 bridgehead atoms. The van der Waals surface area contributed by atoms with Gasteiger partial charge < -0.3 is 16.0 Å². The number of hydrogen-bond donors (Lipinski definition) is 3. The van der Waals surface area contributed by atoms with Crippen molar-refractivity contribution in [2.24, 2.45) is 0 Å². The number of rotatable bonds is 2. The standard InChI is InChI=1S/C21H15N5O/c22-19-18-16(12-23-20(18)25-13-24-19)10-9-14-5-4-8-17(11-14)26-21(27)15-6-2-1-3-7-15/h1-8,11-13H,(H,26,27)(H3,22,23,24,25). The fourth-order valence-corrected chi connectivity index (χ4v) is 2.69. The summed E-state index contributed by atoms with van der Waals surface area (Å²) in [5.74, 6) is 6.39. The Morgan fingerprint density at radius 3 is 2.74 bits per heavy atom. The Morgan fingerprint density at radius 2 is 1.89 bits per heavy atom. The largest absolute Gasteiger partial charge is 0.383 e. The second kappa shape index (κ2) is 7.02. The molecule has 6 heteroatoms. The number of nitrogens with one attached hydrogen (secondary N) is 2. The number of hydrogen-bond acceptors (Lipinski definition) is 4. The molecule has 130 valence electrons. The van der Waals surface area contributed by atoms with E-state index in [-0.39, 0.29) is 5.91 Å². The molecule has 0 fully saturated rings. The minimum atomic E-state index is -0.165. The van der Waals surface area contributed by atoms with Crippen LogP contribution in [0.2, 0.25) is 0 Å². The van der Waals surface area contributed by atoms with Gasteiger partial charge in [-0.2, -0.15) is 0 Å². The maximum Gasteiger partial charge on any atom is 0.255 e. The van der Waals surface area contributed by atoms with Gasteiger partial charge in [0, 0.05) is 23.0 Å². The number of nitrogens with zero attached hydrogens (tertiary/aromatic N) is 2. The molecule has 2 aromatic carbocycles. The van der Waals surface area contributed by atoms with E-state index < -0.39 is 0 Å². The minimum absolute atomic E-state index is 0.165. The van der Waals surface area contributed by atoms with E-state index in [1.165, 1.54) is 6.33 Å². The van der Waals surface area contributed by atoms with Crippen LogP contribution < -0.4 is 11.1 Å². The van der Waals surface area contributed by atoms with Crippen LogP contribution in [0, 0.1) is 11.8 Å². The summed E-state index contributed by atoms with van der Waals surface area (Å²) in [6.45, 7) is 0. The zero-order valence-corrected chi connectivity index (χ0v) is 14.2. The van der Waals surface area contributed by atoms with Gasteiger partial charge in [0.1, 0.15) is 17.8 Å². The molecule has 2 aromatic heterocycles. The summed E-state index contributed by atoms with van der Waals surface area (Å²) in [6.07, 6.45) is 3.16. The molecule has 6 nitrogen and oxygen atoms in total. The molecular formula is C21H15N5O. The molecule has 0 radical (unpaired) electrons. The first-order valence-electron chi connectivity index (χ1n) is 8.27. The van der Waals surface area contributed by atoms with Crippen molar-refractivity contribution in [2.75, 3.05) is 11.1 Å². The molecule has 0 saturated heterocycles. The number of nitrogens with two attached hydrogens (primary N) is 1. The van der Waals surface area contributed by atoms with Gasteiger partial charge in [-0.15, -0.1) is 0 Å². The van der Waals surface area contributed by atoms with Crippen molar-refractivity contribution in [3.63, 3.8) is 0 Å². The van der Waals surface area contributed by atoms with Gasteiger partial charge in [-0.25, -0.2) is 9.97 Å². The summed E-state index contributed by atoms with van der Waals surface area (Å²) in [7, 11) is 0. The molecule has 0 aliphatic heterocycles. The second-order valence-corrected chi connectivity index (χ2v) is 5.84. The van der Waals surface area contributed by atoms with E-state index in [1.54, 1.807) is 18.3 Å². The molecule has 1 amide bonds. The minimum Gasteiger partial charge on any atom is -0.383 e. The first-order chi connectivity index (χ1) is 13.2. The number of carbonyl (C=O) groups excluding carboxylic acids is 1. The summed E-state index contributed by atoms with van der Waals surface area (Å²) in [5.41, 5.74) is 9.34. The lowest BCUT2D eigenvalue weighted by Gasteiger charge is -2.05. The van der Waals surface area contributed by atoms with Crippen LogP contribution in [0.4, 0.5) is 11.5 Å². The molecule has 0 atom stereocenters. The Bertz CT molecular complexity index is 1190. The quantitative estimate of drug-likeness (QED) is 0.482. The van der Waals surface area contributed by atoms with Gasteiger partial charge in [-0.3, -0.25) is 4.79 Å². The molecule has 0 unspecified atom stereocenters. The molecule has 0 spiro atoms. The number of fused-ring (bicyclic) bond motifs is 1. The molecular weight excluding hydrogens is 338 g/mol. The van der Waals surface area contributed by atoms with Crippen molar-refractivity contribution in [3.8, 4) is 11.8 Å². The lowest BCUT2D eigenvalue weighted by molar-refractivity contribution is 0.102. The van der Waals surface area contributed by atoms with Crippen molar-refractivity contribution in [1.82, 2.24) is 15.0 Å². The highest BCUT2D eigenvalue weighted by atomic mass is 16.1. The summed E-state index contributed by atoms with van der Waals surface area (Å²) >= 11 is 0. The highest BCUT2D eigenvalue weighted by molar-refractivity contribution is 6.04. The van der Waals surface area contributed by atoms with Crippen molar-refractivity contribution in [2.45, 2.75) is 0 Å². The normalized spacial score (nSPS) is 10.2. The van der Waals surface area contributed by atoms with Gasteiger partial charge in [0.25, 0.3) is 5.91 Å². The van der Waals surface area contributed by atoms with E-state index >= 15 is 0 Å². The van der Waals surface area contributed by atoms with Crippen LogP contribution >= 0.6 is 0 Å². The van der Waals surface area contributed by atoms with E-state index in [9.17, 15) is 4.79 Å². The predicted molar refractivity (Wildman–Crippen MR) is 105 cm³/mol. The molecule has 0 aliphatic rings. The number of carbonyl (C=O) groups is 1. The molecule has 0 aliphatic carbocycles. The van der Waals surface area contributed by atoms with Crippen LogP contribution in [0.5, 0.6) is 0 Å². The van der Waals surface area contributed by atoms with Crippen LogP contribution in [-0.2, 0) is 0 Å². The Kier molecular flexibility index (Phi) is 4.25. The predicted octanol–water partition coefficient (Wildman–Crippen LogP) is 3.19. The van der Waals surface area contributed by atoms with E-state index in [1.807, 2.05) is 42.5 Å². The number of aromatic amines is 1. The number of H-pyrrole nitrogens is 1. The summed E-state index contributed by atoms with van der Waals surface area (Å²) in [6, 6.07) is 16.4. The van der Waals surface area contributed by atoms with Gasteiger partial charge in [-0.1, -0.05) is 36.1 Å². The van der Waals surface area contributed by atoms with E-state index in [0.717, 1.165) is 11.1 Å². The molecule has 4 N–H and O–H groups in total. The number of amides is 1. The zero-order valence-electron chi connectivity index (χ0n) is 14.2. The fourth-order valence-electron chi connectivity index (χ4n) is 2.69. The lowest BCUT2D eigenvalue weighted by atomic mass is 10.1. The summed E-state index contributed by atoms with van der Waals surface area (Å²) < 4.78 is 0. The maximum absolute atomic E-state index is 12.3. The Balaban J connectivity index is 1.59. The average Bonchev–Trinajstić information content (AvgIpc) is 3.12. The van der Waals surface area contributed by atoms with Gasteiger partial charge in [0.15, 0.2) is 0 Å². The average molecular weight is 353 g/mol. The molecule has 0 saturated carbocycles. The third-order valence-electron chi connectivity index (χ3n) is 4.00. The lowest BCUT2D eigenvalue weighted by Crippen LogP contribution is -2.11. The zero-order chi connectivity index (χ0) is 18.6. The van der Waals surface area contributed by atoms with Crippen molar-refractivity contribution in [1.29, 1.82) is 0 Å². The summed E-state index contributed by atoms with van der Waals surface area (Å²) in [4.78, 5) is 23.4. The Labute approximate surface area is 155 Å². The van der Waals surface area contributed by atoms with Crippen LogP contribution in [0.1, 0.15) is 21.5 Å². The van der Waals surface area contributed by atoms with Gasteiger partial charge in [-0.05, 0) is 30.3 Å². The molecule has 4 aromatic rings. The van der Waals surface area contributed by atoms with Crippen LogP contribution in [-0.4, -0.2) is 20.9 Å². The van der Waals surface area contributed by atoms with Gasteiger partial charge in [0.05, 0.1) is 10.9 Å². The number of benzene rings is 2. The highest BCUT2D eigenvalue weighted by Gasteiger charge is 2.07. The maximum atomic E-state index is 12.3. The number of nitrogen functional groups attached to an aromatic ring is 1. The Hall–Kier alpha value is -4.11. The first kappa shape index (κ1) is 16.4. The SMILES string of the molecule is Nc1ncnc2[nH]cc(C#Cc3cccc(NC(=O)c4ccccc4)c3)c12. The molecule has 27 heavy (non-hydrogen) atoms. The van der Waals surface area contributed by atoms with Crippen LogP contribution in [0.25, 0.3) is 11.0 Å². The highest BCUT2D eigenvalue weighted by Crippen LogP contribution is 2.20. The van der Waals surface area contributed by atoms with Crippen LogP contribution in [0.3, 0.4) is 0 Å². The fraction of sp³-hybridized carbons (Fsp3) is 0. The van der Waals surface area contributed by atoms with E-state index in [2.05, 4.69) is 32.1 Å². The van der Waals surface area contributed by atoms with Crippen molar-refractivity contribution >= 4 is 28.4 Å². The van der Waals surface area contributed by atoms with Gasteiger partial charge in [0.2, 0.25) is 0 Å². The van der Waals surface area contributed by atoms with E-state index in [0.29, 0.717) is 28.1 Å². The van der Waals surface area contributed by atoms with Crippen LogP contribution in [0.15, 0.2) is 67.1 Å². The number of anilines is 2. The summed E-state index contributed by atoms with van der Waals surface area (Å²) in [5, 5.41) is 3.58. The Morgan fingerprint density at radius 1 is 1.04 bits per heavy atom. The molecule has 4 rings (SSSR count). The second-order valence-electron chi connectivity index (χ2n) is 5.84. The third kappa shape index (κ3) is 3.48. The topological polar surface area (TPSA) is 96.7 Å². The first-order valence-corrected chi connectivity index (χ1v) is 8.27. The van der Waals surface area contributed by atoms with Crippen molar-refractivity contribution in [3.05, 3.63) is 83.8 Å². The van der Waals surface area contributed by atoms with E-state index in [4.69, 9.17) is 5.73 Å². The van der Waals surface area contributed by atoms with Gasteiger partial charge >= 0.3 is 0 Å². The monoisotopic (exact) mass is 353 g/mol. The third-order valence-corrected chi connectivity index (χ3v) is 4.00. The number of aromatic nitrogens is 3. The van der Waals surface area contributed by atoms with Crippen molar-refractivity contribution < 1.29 is 4.79 Å². The smallest absolute Gasteiger partial charge is 0.255 e. The molecule has 2 heterocycles.